The van der Waals surface area contributed by atoms with E-state index in [1.807, 2.05) is 0 Å². The number of aliphatic hydroxyl groups excluding tert-OH is 2. The summed E-state index contributed by atoms with van der Waals surface area (Å²) in [5, 5.41) is 16.2. The zero-order valence-corrected chi connectivity index (χ0v) is 7.82. The van der Waals surface area contributed by atoms with E-state index < -0.39 is 0 Å². The number of rotatable bonds is 2. The van der Waals surface area contributed by atoms with E-state index in [4.69, 9.17) is 10.2 Å². The van der Waals surface area contributed by atoms with E-state index in [1.165, 1.54) is 0 Å². The molecule has 2 atom stereocenters. The number of hydrogen-bond acceptors (Lipinski definition) is 4. The maximum atomic E-state index is 8.08. The van der Waals surface area contributed by atoms with Gasteiger partial charge in [0.15, 0.2) is 0 Å². The SMILES string of the molecule is OC[C@@H]1CO1.OC[C@H]1CO1.[Ar].[Ar]. The van der Waals surface area contributed by atoms with Crippen LogP contribution < -0.4 is 0 Å². The smallest absolute Gasteiger partial charge is 0.104 e. The van der Waals surface area contributed by atoms with Gasteiger partial charge in [-0.1, -0.05) is 0 Å². The third kappa shape index (κ3) is 10.4. The van der Waals surface area contributed by atoms with Gasteiger partial charge in [-0.15, -0.1) is 0 Å². The number of aliphatic hydroxyl groups is 2. The van der Waals surface area contributed by atoms with Crippen LogP contribution in [-0.4, -0.2) is 48.8 Å². The van der Waals surface area contributed by atoms with E-state index in [1.54, 1.807) is 0 Å². The molecule has 0 spiro atoms. The first kappa shape index (κ1) is 16.8. The normalized spacial score (nSPS) is 28.5. The summed E-state index contributed by atoms with van der Waals surface area (Å²) in [5.41, 5.74) is 0. The van der Waals surface area contributed by atoms with Crippen molar-refractivity contribution >= 4 is 0 Å². The van der Waals surface area contributed by atoms with E-state index in [9.17, 15) is 0 Å². The van der Waals surface area contributed by atoms with Gasteiger partial charge in [0.2, 0.25) is 0 Å². The summed E-state index contributed by atoms with van der Waals surface area (Å²) >= 11 is 0. The molecule has 2 aliphatic heterocycles. The minimum absolute atomic E-state index is 0. The van der Waals surface area contributed by atoms with Crippen LogP contribution in [0.25, 0.3) is 0 Å². The van der Waals surface area contributed by atoms with Crippen LogP contribution in [0.5, 0.6) is 0 Å². The third-order valence-corrected chi connectivity index (χ3v) is 1.21. The molecule has 0 bridgehead atoms. The second-order valence-electron chi connectivity index (χ2n) is 2.28. The molecule has 2 heterocycles. The van der Waals surface area contributed by atoms with Gasteiger partial charge in [-0.2, -0.15) is 0 Å². The maximum Gasteiger partial charge on any atom is 0.104 e. The second kappa shape index (κ2) is 9.90. The van der Waals surface area contributed by atoms with Crippen LogP contribution in [0, 0.1) is 75.5 Å². The van der Waals surface area contributed by atoms with Crippen molar-refractivity contribution in [3.8, 4) is 0 Å². The molecule has 0 radical (unpaired) electrons. The summed E-state index contributed by atoms with van der Waals surface area (Å²) in [7, 11) is 0. The fourth-order valence-electron chi connectivity index (χ4n) is 0.347. The third-order valence-electron chi connectivity index (χ3n) is 1.21. The number of hydrogen-bond donors (Lipinski definition) is 2. The molecule has 0 aliphatic carbocycles. The first-order valence-corrected chi connectivity index (χ1v) is 3.31. The Labute approximate surface area is 132 Å². The van der Waals surface area contributed by atoms with Crippen LogP contribution >= 0.6 is 0 Å². The molecule has 2 rings (SSSR count). The molecule has 0 aromatic carbocycles. The maximum absolute atomic E-state index is 8.08. The number of epoxide rings is 2. The molecule has 0 amide bonds. The van der Waals surface area contributed by atoms with Crippen LogP contribution in [0.4, 0.5) is 0 Å². The molecule has 12 heavy (non-hydrogen) atoms. The summed E-state index contributed by atoms with van der Waals surface area (Å²) in [5.74, 6) is 0. The van der Waals surface area contributed by atoms with Crippen LogP contribution in [0.1, 0.15) is 0 Å². The van der Waals surface area contributed by atoms with E-state index in [0.29, 0.717) is 0 Å². The van der Waals surface area contributed by atoms with Crippen molar-refractivity contribution in [2.24, 2.45) is 0 Å². The summed E-state index contributed by atoms with van der Waals surface area (Å²) < 4.78 is 9.22. The van der Waals surface area contributed by atoms with Crippen LogP contribution in [0.15, 0.2) is 0 Å². The number of ether oxygens (including phenoxy) is 2. The molecule has 0 aromatic rings. The van der Waals surface area contributed by atoms with Crippen molar-refractivity contribution < 1.29 is 95.2 Å². The fourth-order valence-corrected chi connectivity index (χ4v) is 0.347. The molecule has 2 aliphatic rings. The van der Waals surface area contributed by atoms with Gasteiger partial charge in [0, 0.05) is 75.5 Å². The van der Waals surface area contributed by atoms with Gasteiger partial charge >= 0.3 is 0 Å². The minimum atomic E-state index is 0. The molecule has 6 heteroatoms. The summed E-state index contributed by atoms with van der Waals surface area (Å²) in [6.45, 7) is 1.91. The van der Waals surface area contributed by atoms with E-state index in [2.05, 4.69) is 9.47 Å². The largest absolute Gasteiger partial charge is 0.394 e. The summed E-state index contributed by atoms with van der Waals surface area (Å²) in [6.07, 6.45) is 0.380. The Balaban J connectivity index is 0. The molecule has 0 aromatic heterocycles. The molecule has 2 saturated heterocycles. The van der Waals surface area contributed by atoms with E-state index in [-0.39, 0.29) is 101 Å². The van der Waals surface area contributed by atoms with Gasteiger partial charge in [0.25, 0.3) is 0 Å². The van der Waals surface area contributed by atoms with Crippen molar-refractivity contribution in [2.75, 3.05) is 26.4 Å². The van der Waals surface area contributed by atoms with E-state index >= 15 is 0 Å². The Hall–Kier alpha value is 2.36. The molecule has 0 saturated carbocycles. The van der Waals surface area contributed by atoms with Crippen molar-refractivity contribution in [1.82, 2.24) is 0 Å². The standard InChI is InChI=1S/2C3H6O2.2Ar/c2*4-1-3-2-5-3;;/h2*3-4H,1-2H2;;/t2*3-;;/m10../s1. The molecule has 76 valence electrons. The zero-order valence-electron chi connectivity index (χ0n) is 6.40. The predicted octanol–water partition coefficient (Wildman–Crippen LogP) is -1.24. The van der Waals surface area contributed by atoms with Crippen molar-refractivity contribution in [3.05, 3.63) is 0 Å². The Kier molecular flexibility index (Phi) is 13.8. The molecule has 0 unspecified atom stereocenters. The molecule has 2 N–H and O–H groups in total. The van der Waals surface area contributed by atoms with Crippen molar-refractivity contribution in [1.29, 1.82) is 0 Å². The first-order valence-electron chi connectivity index (χ1n) is 3.31. The van der Waals surface area contributed by atoms with Gasteiger partial charge in [0.05, 0.1) is 26.4 Å². The zero-order chi connectivity index (χ0) is 7.40. The predicted molar refractivity (Wildman–Crippen MR) is 33.7 cm³/mol. The van der Waals surface area contributed by atoms with Gasteiger partial charge in [-0.25, -0.2) is 0 Å². The second-order valence-corrected chi connectivity index (χ2v) is 2.28. The minimum Gasteiger partial charge on any atom is -0.394 e. The van der Waals surface area contributed by atoms with Gasteiger partial charge in [-0.05, 0) is 0 Å². The Bertz CT molecular complexity index is 83.5. The fraction of sp³-hybridized carbons (Fsp3) is 1.00. The summed E-state index contributed by atoms with van der Waals surface area (Å²) in [4.78, 5) is 0. The van der Waals surface area contributed by atoms with Gasteiger partial charge in [0.1, 0.15) is 12.2 Å². The van der Waals surface area contributed by atoms with Crippen LogP contribution in [-0.2, 0) is 9.47 Å². The molecular weight excluding hydrogens is 216 g/mol. The average molecular weight is 228 g/mol. The van der Waals surface area contributed by atoms with E-state index in [0.717, 1.165) is 13.2 Å². The monoisotopic (exact) mass is 228 g/mol. The Morgan fingerprint density at radius 3 is 1.17 bits per heavy atom. The Morgan fingerprint density at radius 2 is 1.17 bits per heavy atom. The average Bonchev–Trinajstić information content (AvgIpc) is 2.86. The first-order chi connectivity index (χ1) is 4.86. The Morgan fingerprint density at radius 1 is 0.917 bits per heavy atom. The molecule has 4 nitrogen and oxygen atoms in total. The van der Waals surface area contributed by atoms with Crippen molar-refractivity contribution in [3.63, 3.8) is 0 Å². The van der Waals surface area contributed by atoms with Crippen LogP contribution in [0.3, 0.4) is 0 Å². The molecular formula is C6H12Ar2O4. The molecule has 2 fully saturated rings. The van der Waals surface area contributed by atoms with Gasteiger partial charge in [-0.3, -0.25) is 0 Å². The summed E-state index contributed by atoms with van der Waals surface area (Å²) in [6, 6.07) is 0. The van der Waals surface area contributed by atoms with Crippen LogP contribution in [0.2, 0.25) is 0 Å². The van der Waals surface area contributed by atoms with Gasteiger partial charge < -0.3 is 19.7 Å². The quantitative estimate of drug-likeness (QED) is 0.580. The topological polar surface area (TPSA) is 65.5 Å². The van der Waals surface area contributed by atoms with Crippen molar-refractivity contribution in [2.45, 2.75) is 12.2 Å².